The van der Waals surface area contributed by atoms with Crippen LogP contribution in [0, 0.1) is 0 Å². The third-order valence-corrected chi connectivity index (χ3v) is 5.88. The highest BCUT2D eigenvalue weighted by Gasteiger charge is 2.31. The Kier molecular flexibility index (Phi) is 5.65. The maximum Gasteiger partial charge on any atom is 0.100 e. The van der Waals surface area contributed by atoms with Crippen LogP contribution in [-0.2, 0) is 11.0 Å². The molecule has 0 heterocycles. The van der Waals surface area contributed by atoms with Crippen LogP contribution in [0.4, 0.5) is 5.69 Å². The summed E-state index contributed by atoms with van der Waals surface area (Å²) >= 11 is 3.51. The Bertz CT molecular complexity index is 698. The molecule has 0 aliphatic rings. The summed E-state index contributed by atoms with van der Waals surface area (Å²) in [5.74, 6) is 0. The third-order valence-electron chi connectivity index (χ3n) is 3.61. The molecule has 0 aliphatic heterocycles. The van der Waals surface area contributed by atoms with Crippen molar-refractivity contribution < 1.29 is 4.21 Å². The maximum atomic E-state index is 12.9. The first kappa shape index (κ1) is 18.2. The molecular formula is C18H23BrN2OS. The summed E-state index contributed by atoms with van der Waals surface area (Å²) < 4.78 is 15.4. The molecule has 5 heteroatoms. The second-order valence-corrected chi connectivity index (χ2v) is 9.71. The smallest absolute Gasteiger partial charge is 0.100 e. The number of nitrogens with two attached hydrogens (primary N) is 1. The molecule has 0 fully saturated rings. The Morgan fingerprint density at radius 2 is 1.74 bits per heavy atom. The standard InChI is InChI=1S/C18H23BrN2OS/c1-18(2,3)23(22)21(4)17(13-8-6-5-7-9-13)15-12-14(19)10-11-16(15)20/h5-12,17H,20H2,1-4H3/t17-,23+/m0/s1. The summed E-state index contributed by atoms with van der Waals surface area (Å²) in [5, 5.41) is 0. The summed E-state index contributed by atoms with van der Waals surface area (Å²) in [5.41, 5.74) is 8.94. The van der Waals surface area contributed by atoms with E-state index < -0.39 is 11.0 Å². The van der Waals surface area contributed by atoms with E-state index in [-0.39, 0.29) is 10.8 Å². The van der Waals surface area contributed by atoms with Gasteiger partial charge in [0.1, 0.15) is 11.0 Å². The highest BCUT2D eigenvalue weighted by Crippen LogP contribution is 2.35. The first-order valence-corrected chi connectivity index (χ1v) is 9.36. The summed E-state index contributed by atoms with van der Waals surface area (Å²) in [6.45, 7) is 5.93. The molecule has 0 amide bonds. The quantitative estimate of drug-likeness (QED) is 0.774. The molecule has 124 valence electrons. The van der Waals surface area contributed by atoms with Crippen molar-refractivity contribution in [1.29, 1.82) is 0 Å². The molecule has 0 aromatic heterocycles. The number of nitrogens with zero attached hydrogens (tertiary/aromatic N) is 1. The molecule has 2 atom stereocenters. The van der Waals surface area contributed by atoms with Crippen LogP contribution in [0.25, 0.3) is 0 Å². The molecule has 0 spiro atoms. The second kappa shape index (κ2) is 7.16. The number of rotatable bonds is 4. The van der Waals surface area contributed by atoms with Gasteiger partial charge >= 0.3 is 0 Å². The van der Waals surface area contributed by atoms with E-state index >= 15 is 0 Å². The van der Waals surface area contributed by atoms with Gasteiger partial charge in [-0.25, -0.2) is 8.51 Å². The van der Waals surface area contributed by atoms with Crippen molar-refractivity contribution in [3.8, 4) is 0 Å². The van der Waals surface area contributed by atoms with Gasteiger partial charge in [-0.3, -0.25) is 0 Å². The van der Waals surface area contributed by atoms with Gasteiger partial charge in [-0.1, -0.05) is 46.3 Å². The van der Waals surface area contributed by atoms with Gasteiger partial charge in [0, 0.05) is 17.2 Å². The molecule has 2 rings (SSSR count). The highest BCUT2D eigenvalue weighted by atomic mass is 79.9. The molecule has 0 bridgehead atoms. The van der Waals surface area contributed by atoms with Gasteiger partial charge < -0.3 is 5.73 Å². The molecule has 0 unspecified atom stereocenters. The predicted octanol–water partition coefficient (Wildman–Crippen LogP) is 4.51. The number of halogens is 1. The lowest BCUT2D eigenvalue weighted by Crippen LogP contribution is -2.38. The third kappa shape index (κ3) is 4.22. The predicted molar refractivity (Wildman–Crippen MR) is 102 cm³/mol. The number of benzene rings is 2. The molecular weight excluding hydrogens is 372 g/mol. The number of nitrogen functional groups attached to an aromatic ring is 1. The van der Waals surface area contributed by atoms with E-state index in [1.165, 1.54) is 0 Å². The van der Waals surface area contributed by atoms with E-state index in [2.05, 4.69) is 15.9 Å². The Morgan fingerprint density at radius 3 is 2.30 bits per heavy atom. The van der Waals surface area contributed by atoms with Crippen LogP contribution in [0.5, 0.6) is 0 Å². The summed E-state index contributed by atoms with van der Waals surface area (Å²) in [4.78, 5) is 0. The van der Waals surface area contributed by atoms with Gasteiger partial charge in [0.2, 0.25) is 0 Å². The summed E-state index contributed by atoms with van der Waals surface area (Å²) in [6, 6.07) is 15.7. The van der Waals surface area contributed by atoms with E-state index in [1.54, 1.807) is 0 Å². The highest BCUT2D eigenvalue weighted by molar-refractivity contribution is 9.10. The van der Waals surface area contributed by atoms with Crippen LogP contribution < -0.4 is 5.73 Å². The van der Waals surface area contributed by atoms with Crippen LogP contribution in [0.3, 0.4) is 0 Å². The minimum atomic E-state index is -1.17. The van der Waals surface area contributed by atoms with E-state index in [0.29, 0.717) is 5.69 Å². The van der Waals surface area contributed by atoms with E-state index in [9.17, 15) is 4.21 Å². The van der Waals surface area contributed by atoms with Crippen LogP contribution >= 0.6 is 15.9 Å². The zero-order chi connectivity index (χ0) is 17.2. The SMILES string of the molecule is CN([C@@H](c1ccccc1)c1cc(Br)ccc1N)[S@](=O)C(C)(C)C. The summed E-state index contributed by atoms with van der Waals surface area (Å²) in [7, 11) is 0.723. The molecule has 2 aromatic carbocycles. The molecule has 0 radical (unpaired) electrons. The van der Waals surface area contributed by atoms with Crippen molar-refractivity contribution in [2.75, 3.05) is 12.8 Å². The zero-order valence-electron chi connectivity index (χ0n) is 13.9. The van der Waals surface area contributed by atoms with Crippen molar-refractivity contribution in [3.05, 3.63) is 64.1 Å². The Balaban J connectivity index is 2.57. The van der Waals surface area contributed by atoms with Gasteiger partial charge in [0.25, 0.3) is 0 Å². The van der Waals surface area contributed by atoms with E-state index in [0.717, 1.165) is 15.6 Å². The topological polar surface area (TPSA) is 46.3 Å². The average molecular weight is 395 g/mol. The molecule has 0 aliphatic carbocycles. The van der Waals surface area contributed by atoms with Gasteiger partial charge in [0.05, 0.1) is 10.8 Å². The fourth-order valence-electron chi connectivity index (χ4n) is 2.53. The average Bonchev–Trinajstić information content (AvgIpc) is 2.50. The van der Waals surface area contributed by atoms with Crippen molar-refractivity contribution in [1.82, 2.24) is 4.31 Å². The molecule has 0 saturated carbocycles. The molecule has 3 nitrogen and oxygen atoms in total. The maximum absolute atomic E-state index is 12.9. The molecule has 23 heavy (non-hydrogen) atoms. The van der Waals surface area contributed by atoms with E-state index in [4.69, 9.17) is 5.73 Å². The number of anilines is 1. The van der Waals surface area contributed by atoms with Gasteiger partial charge in [-0.05, 0) is 50.1 Å². The number of hydrogen-bond donors (Lipinski definition) is 1. The van der Waals surface area contributed by atoms with Gasteiger partial charge in [-0.2, -0.15) is 0 Å². The van der Waals surface area contributed by atoms with Gasteiger partial charge in [0.15, 0.2) is 0 Å². The van der Waals surface area contributed by atoms with Crippen LogP contribution in [0.2, 0.25) is 0 Å². The van der Waals surface area contributed by atoms with Crippen molar-refractivity contribution in [2.24, 2.45) is 0 Å². The minimum absolute atomic E-state index is 0.172. The van der Waals surface area contributed by atoms with Crippen LogP contribution in [0.15, 0.2) is 53.0 Å². The largest absolute Gasteiger partial charge is 0.398 e. The van der Waals surface area contributed by atoms with Gasteiger partial charge in [-0.15, -0.1) is 0 Å². The van der Waals surface area contributed by atoms with Crippen LogP contribution in [0.1, 0.15) is 37.9 Å². The van der Waals surface area contributed by atoms with Crippen molar-refractivity contribution in [2.45, 2.75) is 31.6 Å². The Morgan fingerprint density at radius 1 is 1.13 bits per heavy atom. The second-order valence-electron chi connectivity index (χ2n) is 6.49. The Hall–Kier alpha value is -1.17. The van der Waals surface area contributed by atoms with Crippen molar-refractivity contribution >= 4 is 32.6 Å². The molecule has 2 N–H and O–H groups in total. The first-order chi connectivity index (χ1) is 10.7. The number of hydrogen-bond acceptors (Lipinski definition) is 2. The fraction of sp³-hybridized carbons (Fsp3) is 0.333. The summed E-state index contributed by atoms with van der Waals surface area (Å²) in [6.07, 6.45) is 0. The minimum Gasteiger partial charge on any atom is -0.398 e. The molecule has 0 saturated heterocycles. The lowest BCUT2D eigenvalue weighted by molar-refractivity contribution is 0.440. The monoisotopic (exact) mass is 394 g/mol. The van der Waals surface area contributed by atoms with Crippen LogP contribution in [-0.4, -0.2) is 20.3 Å². The zero-order valence-corrected chi connectivity index (χ0v) is 16.3. The normalized spacial score (nSPS) is 14.7. The van der Waals surface area contributed by atoms with E-state index in [1.807, 2.05) is 80.7 Å². The lowest BCUT2D eigenvalue weighted by Gasteiger charge is -2.33. The first-order valence-electron chi connectivity index (χ1n) is 7.46. The lowest BCUT2D eigenvalue weighted by atomic mass is 9.97. The van der Waals surface area contributed by atoms with Crippen molar-refractivity contribution in [3.63, 3.8) is 0 Å². The Labute approximate surface area is 149 Å². The molecule has 2 aromatic rings. The fourth-order valence-corrected chi connectivity index (χ4v) is 4.20.